The van der Waals surface area contributed by atoms with Gasteiger partial charge in [0.15, 0.2) is 18.9 Å². The molecule has 24 heavy (non-hydrogen) atoms. The molecule has 0 spiro atoms. The van der Waals surface area contributed by atoms with Crippen LogP contribution in [0, 0.1) is 13.8 Å². The van der Waals surface area contributed by atoms with E-state index in [0.29, 0.717) is 0 Å². The van der Waals surface area contributed by atoms with E-state index in [-0.39, 0.29) is 0 Å². The van der Waals surface area contributed by atoms with E-state index in [2.05, 4.69) is 73.3 Å². The van der Waals surface area contributed by atoms with E-state index in [1.807, 2.05) is 18.2 Å². The molecule has 0 N–H and O–H groups in total. The highest BCUT2D eigenvalue weighted by molar-refractivity contribution is 5.82. The maximum absolute atomic E-state index is 5.93. The Bertz CT molecular complexity index is 943. The molecule has 2 heteroatoms. The van der Waals surface area contributed by atoms with Crippen LogP contribution in [0.2, 0.25) is 0 Å². The van der Waals surface area contributed by atoms with Crippen LogP contribution in [0.3, 0.4) is 0 Å². The number of furan rings is 1. The van der Waals surface area contributed by atoms with E-state index in [9.17, 15) is 0 Å². The van der Waals surface area contributed by atoms with Crippen molar-refractivity contribution < 1.29 is 8.98 Å². The Labute approximate surface area is 142 Å². The number of pyridine rings is 1. The minimum Gasteiger partial charge on any atom is -0.456 e. The molecular weight excluding hydrogens is 294 g/mol. The summed E-state index contributed by atoms with van der Waals surface area (Å²) in [6.45, 7) is 5.17. The molecule has 4 rings (SSSR count). The highest BCUT2D eigenvalue weighted by atomic mass is 16.3. The van der Waals surface area contributed by atoms with Gasteiger partial charge >= 0.3 is 0 Å². The number of nitrogens with zero attached hydrogens (tertiary/aromatic N) is 1. The molecule has 0 saturated heterocycles. The second kappa shape index (κ2) is 5.97. The first-order chi connectivity index (χ1) is 11.7. The molecule has 2 nitrogen and oxygen atoms in total. The largest absolute Gasteiger partial charge is 0.456 e. The van der Waals surface area contributed by atoms with E-state index in [1.54, 1.807) is 0 Å². The molecule has 0 bridgehead atoms. The van der Waals surface area contributed by atoms with Crippen LogP contribution in [0.4, 0.5) is 0 Å². The van der Waals surface area contributed by atoms with Gasteiger partial charge in [-0.05, 0) is 38.1 Å². The molecule has 0 radical (unpaired) electrons. The molecule has 0 aliphatic heterocycles. The zero-order chi connectivity index (χ0) is 16.5. The molecule has 2 aromatic heterocycles. The summed E-state index contributed by atoms with van der Waals surface area (Å²) in [6.07, 6.45) is 4.22. The summed E-state index contributed by atoms with van der Waals surface area (Å²) in [7, 11) is 0. The predicted octanol–water partition coefficient (Wildman–Crippen LogP) is 5.05. The molecule has 4 aromatic rings. The van der Waals surface area contributed by atoms with Crippen molar-refractivity contribution >= 4 is 11.0 Å². The number of benzene rings is 2. The van der Waals surface area contributed by atoms with Crippen molar-refractivity contribution in [3.05, 3.63) is 89.7 Å². The van der Waals surface area contributed by atoms with Gasteiger partial charge in [-0.2, -0.15) is 0 Å². The third-order valence-corrected chi connectivity index (χ3v) is 4.25. The van der Waals surface area contributed by atoms with Crippen LogP contribution >= 0.6 is 0 Å². The van der Waals surface area contributed by atoms with Crippen LogP contribution in [0.5, 0.6) is 0 Å². The van der Waals surface area contributed by atoms with Gasteiger partial charge in [0, 0.05) is 28.6 Å². The van der Waals surface area contributed by atoms with Crippen molar-refractivity contribution in [1.82, 2.24) is 0 Å². The lowest BCUT2D eigenvalue weighted by Gasteiger charge is -2.03. The second-order valence-corrected chi connectivity index (χ2v) is 6.40. The predicted molar refractivity (Wildman–Crippen MR) is 96.9 cm³/mol. The minimum atomic E-state index is 0.878. The van der Waals surface area contributed by atoms with Crippen LogP contribution in [0.15, 0.2) is 77.5 Å². The number of rotatable bonds is 3. The average Bonchev–Trinajstić information content (AvgIpc) is 2.98. The number of hydrogen-bond acceptors (Lipinski definition) is 1. The number of aryl methyl sites for hydroxylation is 2. The highest BCUT2D eigenvalue weighted by Crippen LogP contribution is 2.26. The SMILES string of the molecule is Cc1cc(C)cc(C[n+]2ccc(-c3cc4ccccc4o3)cc2)c1. The molecule has 0 fully saturated rings. The fraction of sp³-hybridized carbons (Fsp3) is 0.136. The van der Waals surface area contributed by atoms with E-state index >= 15 is 0 Å². The maximum atomic E-state index is 5.93. The quantitative estimate of drug-likeness (QED) is 0.483. The molecule has 0 atom stereocenters. The number of fused-ring (bicyclic) bond motifs is 1. The smallest absolute Gasteiger partial charge is 0.173 e. The lowest BCUT2D eigenvalue weighted by molar-refractivity contribution is -0.688. The van der Waals surface area contributed by atoms with Crippen LogP contribution in [0.1, 0.15) is 16.7 Å². The summed E-state index contributed by atoms with van der Waals surface area (Å²) in [6, 6.07) is 21.1. The Morgan fingerprint density at radius 3 is 2.25 bits per heavy atom. The zero-order valence-electron chi connectivity index (χ0n) is 14.0. The van der Waals surface area contributed by atoms with E-state index < -0.39 is 0 Å². The topological polar surface area (TPSA) is 17.0 Å². The molecule has 0 amide bonds. The van der Waals surface area contributed by atoms with Gasteiger partial charge in [0.05, 0.1) is 0 Å². The van der Waals surface area contributed by atoms with Gasteiger partial charge < -0.3 is 4.42 Å². The fourth-order valence-electron chi connectivity index (χ4n) is 3.22. The highest BCUT2D eigenvalue weighted by Gasteiger charge is 2.09. The summed E-state index contributed by atoms with van der Waals surface area (Å²) >= 11 is 0. The molecule has 0 aliphatic carbocycles. The first-order valence-corrected chi connectivity index (χ1v) is 8.23. The molecule has 0 saturated carbocycles. The maximum Gasteiger partial charge on any atom is 0.173 e. The molecule has 0 unspecified atom stereocenters. The van der Waals surface area contributed by atoms with Crippen molar-refractivity contribution in [2.24, 2.45) is 0 Å². The zero-order valence-corrected chi connectivity index (χ0v) is 14.0. The van der Waals surface area contributed by atoms with Crippen molar-refractivity contribution in [1.29, 1.82) is 0 Å². The Kier molecular flexibility index (Phi) is 3.66. The monoisotopic (exact) mass is 314 g/mol. The number of para-hydroxylation sites is 1. The van der Waals surface area contributed by atoms with E-state index in [1.165, 1.54) is 16.7 Å². The van der Waals surface area contributed by atoms with Crippen molar-refractivity contribution in [3.63, 3.8) is 0 Å². The fourth-order valence-corrected chi connectivity index (χ4v) is 3.22. The van der Waals surface area contributed by atoms with Gasteiger partial charge in [0.25, 0.3) is 0 Å². The Morgan fingerprint density at radius 1 is 0.833 bits per heavy atom. The Balaban J connectivity index is 1.60. The first kappa shape index (κ1) is 14.7. The van der Waals surface area contributed by atoms with Gasteiger partial charge in [-0.25, -0.2) is 4.57 Å². The van der Waals surface area contributed by atoms with Crippen molar-refractivity contribution in [2.45, 2.75) is 20.4 Å². The van der Waals surface area contributed by atoms with Crippen LogP contribution in [-0.4, -0.2) is 0 Å². The summed E-state index contributed by atoms with van der Waals surface area (Å²) < 4.78 is 8.13. The van der Waals surface area contributed by atoms with E-state index in [0.717, 1.165) is 28.8 Å². The van der Waals surface area contributed by atoms with Crippen LogP contribution < -0.4 is 4.57 Å². The van der Waals surface area contributed by atoms with Crippen LogP contribution in [0.25, 0.3) is 22.3 Å². The van der Waals surface area contributed by atoms with Gasteiger partial charge in [-0.15, -0.1) is 0 Å². The number of aromatic nitrogens is 1. The van der Waals surface area contributed by atoms with Gasteiger partial charge in [-0.3, -0.25) is 0 Å². The lowest BCUT2D eigenvalue weighted by atomic mass is 10.1. The minimum absolute atomic E-state index is 0.878. The lowest BCUT2D eigenvalue weighted by Crippen LogP contribution is -2.33. The van der Waals surface area contributed by atoms with Gasteiger partial charge in [0.1, 0.15) is 11.3 Å². The molecule has 118 valence electrons. The Hall–Kier alpha value is -2.87. The summed E-state index contributed by atoms with van der Waals surface area (Å²) in [4.78, 5) is 0. The molecule has 2 heterocycles. The third kappa shape index (κ3) is 2.95. The summed E-state index contributed by atoms with van der Waals surface area (Å²) in [5.41, 5.74) is 5.98. The standard InChI is InChI=1S/C22H20NO/c1-16-11-17(2)13-18(12-16)15-23-9-7-19(8-10-23)22-14-20-5-3-4-6-21(20)24-22/h3-14H,15H2,1-2H3/q+1. The molecule has 0 aliphatic rings. The normalized spacial score (nSPS) is 11.1. The van der Waals surface area contributed by atoms with Crippen molar-refractivity contribution in [3.8, 4) is 11.3 Å². The van der Waals surface area contributed by atoms with Crippen LogP contribution in [-0.2, 0) is 6.54 Å². The van der Waals surface area contributed by atoms with Gasteiger partial charge in [0.2, 0.25) is 0 Å². The third-order valence-electron chi connectivity index (χ3n) is 4.25. The molecule has 2 aromatic carbocycles. The number of hydrogen-bond donors (Lipinski definition) is 0. The first-order valence-electron chi connectivity index (χ1n) is 8.23. The second-order valence-electron chi connectivity index (χ2n) is 6.40. The molecular formula is C22H20NO+. The van der Waals surface area contributed by atoms with E-state index in [4.69, 9.17) is 4.42 Å². The summed E-state index contributed by atoms with van der Waals surface area (Å²) in [5.74, 6) is 0.912. The summed E-state index contributed by atoms with van der Waals surface area (Å²) in [5, 5.41) is 1.14. The average molecular weight is 314 g/mol. The van der Waals surface area contributed by atoms with Gasteiger partial charge in [-0.1, -0.05) is 35.4 Å². The van der Waals surface area contributed by atoms with Crippen molar-refractivity contribution in [2.75, 3.05) is 0 Å². The Morgan fingerprint density at radius 2 is 1.54 bits per heavy atom.